The quantitative estimate of drug-likeness (QED) is 0.711. The van der Waals surface area contributed by atoms with Crippen LogP contribution in [0.15, 0.2) is 48.5 Å². The van der Waals surface area contributed by atoms with Gasteiger partial charge < -0.3 is 9.47 Å². The van der Waals surface area contributed by atoms with Crippen molar-refractivity contribution < 1.29 is 23.9 Å². The third-order valence-electron chi connectivity index (χ3n) is 5.43. The number of hydrogen-bond donors (Lipinski definition) is 0. The zero-order valence-electron chi connectivity index (χ0n) is 17.4. The molecule has 0 radical (unpaired) electrons. The summed E-state index contributed by atoms with van der Waals surface area (Å²) in [4.78, 5) is 38.4. The number of likely N-dealkylation sites (tertiary alicyclic amines) is 1. The SMILES string of the molecule is CC(C)(C)OC(=O)N1C(=O)CC[C@H]1C(=O)OCC1c2ccccc2-c2ccccc21. The summed E-state index contributed by atoms with van der Waals surface area (Å²) in [6.45, 7) is 5.30. The van der Waals surface area contributed by atoms with E-state index >= 15 is 0 Å². The average molecular weight is 407 g/mol. The minimum atomic E-state index is -0.945. The first kappa shape index (κ1) is 20.1. The Labute approximate surface area is 175 Å². The van der Waals surface area contributed by atoms with Gasteiger partial charge in [0, 0.05) is 12.3 Å². The first-order chi connectivity index (χ1) is 14.3. The molecule has 6 heteroatoms. The highest BCUT2D eigenvalue weighted by Gasteiger charge is 2.43. The van der Waals surface area contributed by atoms with Gasteiger partial charge in [0.2, 0.25) is 5.91 Å². The van der Waals surface area contributed by atoms with Crippen LogP contribution >= 0.6 is 0 Å². The number of amides is 2. The van der Waals surface area contributed by atoms with E-state index in [1.807, 2.05) is 36.4 Å². The van der Waals surface area contributed by atoms with E-state index < -0.39 is 29.6 Å². The molecule has 0 spiro atoms. The molecular formula is C24H25NO5. The fraction of sp³-hybridized carbons (Fsp3) is 0.375. The summed E-state index contributed by atoms with van der Waals surface area (Å²) < 4.78 is 10.9. The van der Waals surface area contributed by atoms with Crippen molar-refractivity contribution in [3.05, 3.63) is 59.7 Å². The minimum Gasteiger partial charge on any atom is -0.463 e. The van der Waals surface area contributed by atoms with Crippen LogP contribution in [-0.4, -0.2) is 41.1 Å². The predicted octanol–water partition coefficient (Wildman–Crippen LogP) is 4.27. The van der Waals surface area contributed by atoms with E-state index in [1.54, 1.807) is 20.8 Å². The number of hydrogen-bond acceptors (Lipinski definition) is 5. The van der Waals surface area contributed by atoms with Gasteiger partial charge in [0.15, 0.2) is 0 Å². The second-order valence-corrected chi connectivity index (χ2v) is 8.66. The summed E-state index contributed by atoms with van der Waals surface area (Å²) in [6.07, 6.45) is -0.438. The van der Waals surface area contributed by atoms with E-state index in [4.69, 9.17) is 9.47 Å². The summed E-state index contributed by atoms with van der Waals surface area (Å²) in [5.41, 5.74) is 3.74. The van der Waals surface area contributed by atoms with E-state index in [9.17, 15) is 14.4 Å². The average Bonchev–Trinajstić information content (AvgIpc) is 3.23. The molecule has 0 aromatic heterocycles. The van der Waals surface area contributed by atoms with Crippen LogP contribution in [0.5, 0.6) is 0 Å². The Hall–Kier alpha value is -3.15. The second kappa shape index (κ2) is 7.59. The van der Waals surface area contributed by atoms with Crippen molar-refractivity contribution in [2.75, 3.05) is 6.61 Å². The van der Waals surface area contributed by atoms with Gasteiger partial charge in [0.25, 0.3) is 0 Å². The van der Waals surface area contributed by atoms with Crippen LogP contribution in [0, 0.1) is 0 Å². The smallest absolute Gasteiger partial charge is 0.417 e. The zero-order valence-corrected chi connectivity index (χ0v) is 17.4. The lowest BCUT2D eigenvalue weighted by molar-refractivity contribution is -0.151. The van der Waals surface area contributed by atoms with Gasteiger partial charge in [-0.15, -0.1) is 0 Å². The van der Waals surface area contributed by atoms with Gasteiger partial charge in [-0.1, -0.05) is 48.5 Å². The molecule has 0 N–H and O–H groups in total. The molecule has 1 fully saturated rings. The lowest BCUT2D eigenvalue weighted by Gasteiger charge is -2.26. The standard InChI is InChI=1S/C24H25NO5/c1-24(2,3)30-23(28)25-20(12-13-21(25)26)22(27)29-14-19-17-10-6-4-8-15(17)16-9-5-7-11-18(16)19/h4-11,19-20H,12-14H2,1-3H3/t20-/m0/s1. The molecule has 1 saturated heterocycles. The van der Waals surface area contributed by atoms with Crippen LogP contribution in [0.1, 0.15) is 50.7 Å². The zero-order chi connectivity index (χ0) is 21.5. The Morgan fingerprint density at radius 3 is 2.13 bits per heavy atom. The Morgan fingerprint density at radius 1 is 1.00 bits per heavy atom. The summed E-state index contributed by atoms with van der Waals surface area (Å²) in [5.74, 6) is -1.07. The van der Waals surface area contributed by atoms with E-state index in [0.29, 0.717) is 0 Å². The van der Waals surface area contributed by atoms with Crippen LogP contribution < -0.4 is 0 Å². The normalized spacial score (nSPS) is 18.2. The molecule has 0 bridgehead atoms. The van der Waals surface area contributed by atoms with Crippen LogP contribution in [0.4, 0.5) is 4.79 Å². The number of rotatable bonds is 3. The summed E-state index contributed by atoms with van der Waals surface area (Å²) in [6, 6.07) is 15.2. The molecule has 2 aromatic carbocycles. The van der Waals surface area contributed by atoms with Gasteiger partial charge in [-0.2, -0.15) is 0 Å². The Morgan fingerprint density at radius 2 is 1.57 bits per heavy atom. The number of esters is 1. The van der Waals surface area contributed by atoms with Crippen molar-refractivity contribution in [3.8, 4) is 11.1 Å². The second-order valence-electron chi connectivity index (χ2n) is 8.66. The number of carbonyl (C=O) groups excluding carboxylic acids is 3. The van der Waals surface area contributed by atoms with Gasteiger partial charge in [-0.05, 0) is 49.4 Å². The van der Waals surface area contributed by atoms with Gasteiger partial charge in [0.1, 0.15) is 18.2 Å². The number of ether oxygens (including phenoxy) is 2. The molecule has 6 nitrogen and oxygen atoms in total. The van der Waals surface area contributed by atoms with Crippen LogP contribution in [-0.2, 0) is 19.1 Å². The van der Waals surface area contributed by atoms with Crippen LogP contribution in [0.2, 0.25) is 0 Å². The molecule has 1 atom stereocenters. The minimum absolute atomic E-state index is 0.0755. The third-order valence-corrected chi connectivity index (χ3v) is 5.43. The summed E-state index contributed by atoms with van der Waals surface area (Å²) >= 11 is 0. The molecule has 1 aliphatic heterocycles. The highest BCUT2D eigenvalue weighted by atomic mass is 16.6. The van der Waals surface area contributed by atoms with Crippen molar-refractivity contribution in [2.45, 2.75) is 51.2 Å². The highest BCUT2D eigenvalue weighted by Crippen LogP contribution is 2.44. The topological polar surface area (TPSA) is 72.9 Å². The van der Waals surface area contributed by atoms with Crippen molar-refractivity contribution in [2.24, 2.45) is 0 Å². The molecule has 0 unspecified atom stereocenters. The van der Waals surface area contributed by atoms with E-state index in [-0.39, 0.29) is 25.4 Å². The number of benzene rings is 2. The maximum atomic E-state index is 12.8. The van der Waals surface area contributed by atoms with Crippen LogP contribution in [0.3, 0.4) is 0 Å². The van der Waals surface area contributed by atoms with Crippen molar-refractivity contribution in [1.29, 1.82) is 0 Å². The molecule has 2 aromatic rings. The van der Waals surface area contributed by atoms with Gasteiger partial charge in [-0.3, -0.25) is 4.79 Å². The predicted molar refractivity (Wildman–Crippen MR) is 111 cm³/mol. The first-order valence-corrected chi connectivity index (χ1v) is 10.2. The molecular weight excluding hydrogens is 382 g/mol. The largest absolute Gasteiger partial charge is 0.463 e. The maximum absolute atomic E-state index is 12.8. The van der Waals surface area contributed by atoms with Crippen molar-refractivity contribution >= 4 is 18.0 Å². The van der Waals surface area contributed by atoms with Crippen molar-refractivity contribution in [3.63, 3.8) is 0 Å². The van der Waals surface area contributed by atoms with Crippen LogP contribution in [0.25, 0.3) is 11.1 Å². The molecule has 2 aliphatic rings. The van der Waals surface area contributed by atoms with Crippen molar-refractivity contribution in [1.82, 2.24) is 4.90 Å². The third kappa shape index (κ3) is 3.70. The van der Waals surface area contributed by atoms with Gasteiger partial charge in [-0.25, -0.2) is 14.5 Å². The number of carbonyl (C=O) groups is 3. The van der Waals surface area contributed by atoms with E-state index in [1.165, 1.54) is 0 Å². The first-order valence-electron chi connectivity index (χ1n) is 10.2. The summed E-state index contributed by atoms with van der Waals surface area (Å²) in [5, 5.41) is 0. The maximum Gasteiger partial charge on any atom is 0.417 e. The fourth-order valence-corrected chi connectivity index (χ4v) is 4.15. The Balaban J connectivity index is 1.50. The van der Waals surface area contributed by atoms with Gasteiger partial charge >= 0.3 is 12.1 Å². The monoisotopic (exact) mass is 407 g/mol. The molecule has 30 heavy (non-hydrogen) atoms. The van der Waals surface area contributed by atoms with Gasteiger partial charge in [0.05, 0.1) is 0 Å². The molecule has 4 rings (SSSR count). The lowest BCUT2D eigenvalue weighted by atomic mass is 9.98. The van der Waals surface area contributed by atoms with E-state index in [0.717, 1.165) is 27.2 Å². The summed E-state index contributed by atoms with van der Waals surface area (Å²) in [7, 11) is 0. The molecule has 0 saturated carbocycles. The Kier molecular flexibility index (Phi) is 5.10. The molecule has 1 aliphatic carbocycles. The van der Waals surface area contributed by atoms with E-state index in [2.05, 4.69) is 12.1 Å². The number of imide groups is 1. The molecule has 156 valence electrons. The lowest BCUT2D eigenvalue weighted by Crippen LogP contribution is -2.46. The number of fused-ring (bicyclic) bond motifs is 3. The Bertz CT molecular complexity index is 961. The fourth-order valence-electron chi connectivity index (χ4n) is 4.15. The highest BCUT2D eigenvalue weighted by molar-refractivity contribution is 5.99. The molecule has 2 amide bonds. The number of nitrogens with zero attached hydrogens (tertiary/aromatic N) is 1. The molecule has 1 heterocycles.